The first kappa shape index (κ1) is 14.6. The molecule has 0 spiro atoms. The first-order valence-electron chi connectivity index (χ1n) is 6.08. The van der Waals surface area contributed by atoms with Crippen molar-refractivity contribution in [3.05, 3.63) is 29.6 Å². The maximum absolute atomic E-state index is 13.9. The largest absolute Gasteiger partial charge is 0.386 e. The molecule has 20 heavy (non-hydrogen) atoms. The predicted molar refractivity (Wildman–Crippen MR) is 77.5 cm³/mol. The van der Waals surface area contributed by atoms with Gasteiger partial charge in [-0.25, -0.2) is 4.39 Å². The SMILES string of the molecule is CC1(C)C(N)=NC(c2cc(NC=O)ccc2F)CS1=O. The lowest BCUT2D eigenvalue weighted by atomic mass is 10.1. The second-order valence-corrected chi connectivity index (χ2v) is 7.10. The lowest BCUT2D eigenvalue weighted by Crippen LogP contribution is -2.47. The first-order valence-corrected chi connectivity index (χ1v) is 7.40. The Balaban J connectivity index is 2.42. The lowest BCUT2D eigenvalue weighted by molar-refractivity contribution is -0.105. The number of benzene rings is 1. The molecule has 1 aromatic carbocycles. The molecular formula is C13H16FN3O2S. The Kier molecular flexibility index (Phi) is 3.89. The number of nitrogens with zero attached hydrogens (tertiary/aromatic N) is 1. The molecule has 5 nitrogen and oxygen atoms in total. The fourth-order valence-electron chi connectivity index (χ4n) is 1.95. The van der Waals surface area contributed by atoms with Crippen LogP contribution in [-0.4, -0.2) is 27.0 Å². The van der Waals surface area contributed by atoms with Crippen molar-refractivity contribution in [1.29, 1.82) is 0 Å². The lowest BCUT2D eigenvalue weighted by Gasteiger charge is -2.31. The molecule has 2 unspecified atom stereocenters. The predicted octanol–water partition coefficient (Wildman–Crippen LogP) is 1.33. The molecule has 0 saturated heterocycles. The highest BCUT2D eigenvalue weighted by Crippen LogP contribution is 2.31. The second-order valence-electron chi connectivity index (χ2n) is 5.05. The van der Waals surface area contributed by atoms with E-state index in [1.165, 1.54) is 18.2 Å². The van der Waals surface area contributed by atoms with E-state index in [1.54, 1.807) is 13.8 Å². The highest BCUT2D eigenvalue weighted by Gasteiger charge is 2.37. The van der Waals surface area contributed by atoms with Crippen molar-refractivity contribution in [3.8, 4) is 0 Å². The molecule has 0 aliphatic carbocycles. The zero-order valence-corrected chi connectivity index (χ0v) is 12.0. The molecule has 0 radical (unpaired) electrons. The van der Waals surface area contributed by atoms with Crippen LogP contribution in [-0.2, 0) is 15.6 Å². The van der Waals surface area contributed by atoms with E-state index >= 15 is 0 Å². The Morgan fingerprint density at radius 2 is 2.25 bits per heavy atom. The van der Waals surface area contributed by atoms with Gasteiger partial charge in [0.2, 0.25) is 6.41 Å². The van der Waals surface area contributed by atoms with Crippen molar-refractivity contribution in [2.24, 2.45) is 10.7 Å². The number of hydrogen-bond donors (Lipinski definition) is 2. The standard InChI is InChI=1S/C13H16FN3O2S/c1-13(2)12(15)17-11(6-20(13)19)9-5-8(16-7-18)3-4-10(9)14/h3-5,7,11H,6H2,1-2H3,(H2,15,17)(H,16,18). The van der Waals surface area contributed by atoms with E-state index in [9.17, 15) is 13.4 Å². The van der Waals surface area contributed by atoms with E-state index < -0.39 is 27.4 Å². The number of carbonyl (C=O) groups excluding carboxylic acids is 1. The van der Waals surface area contributed by atoms with Crippen LogP contribution in [0.5, 0.6) is 0 Å². The molecule has 0 fully saturated rings. The van der Waals surface area contributed by atoms with Crippen molar-refractivity contribution < 1.29 is 13.4 Å². The summed E-state index contributed by atoms with van der Waals surface area (Å²) in [6.07, 6.45) is 0.511. The molecule has 3 N–H and O–H groups in total. The topological polar surface area (TPSA) is 84.5 Å². The molecular weight excluding hydrogens is 281 g/mol. The summed E-state index contributed by atoms with van der Waals surface area (Å²) in [5.41, 5.74) is 6.58. The van der Waals surface area contributed by atoms with Crippen molar-refractivity contribution in [1.82, 2.24) is 0 Å². The van der Waals surface area contributed by atoms with E-state index in [4.69, 9.17) is 5.73 Å². The zero-order chi connectivity index (χ0) is 14.9. The fourth-order valence-corrected chi connectivity index (χ4v) is 3.19. The van der Waals surface area contributed by atoms with Gasteiger partial charge >= 0.3 is 0 Å². The van der Waals surface area contributed by atoms with Gasteiger partial charge in [0.25, 0.3) is 0 Å². The number of amidine groups is 1. The number of rotatable bonds is 3. The van der Waals surface area contributed by atoms with Crippen molar-refractivity contribution in [3.63, 3.8) is 0 Å². The highest BCUT2D eigenvalue weighted by atomic mass is 32.2. The number of hydrogen-bond acceptors (Lipinski definition) is 4. The van der Waals surface area contributed by atoms with Gasteiger partial charge in [-0.1, -0.05) is 0 Å². The Bertz CT molecular complexity index is 601. The summed E-state index contributed by atoms with van der Waals surface area (Å²) in [6, 6.07) is 3.58. The quantitative estimate of drug-likeness (QED) is 0.826. The summed E-state index contributed by atoms with van der Waals surface area (Å²) in [4.78, 5) is 14.7. The Morgan fingerprint density at radius 1 is 1.55 bits per heavy atom. The van der Waals surface area contributed by atoms with Crippen LogP contribution >= 0.6 is 0 Å². The smallest absolute Gasteiger partial charge is 0.211 e. The minimum absolute atomic E-state index is 0.204. The average molecular weight is 297 g/mol. The van der Waals surface area contributed by atoms with Crippen molar-refractivity contribution in [2.75, 3.05) is 11.1 Å². The van der Waals surface area contributed by atoms with Gasteiger partial charge in [0.05, 0.1) is 16.5 Å². The van der Waals surface area contributed by atoms with Crippen molar-refractivity contribution >= 4 is 28.7 Å². The molecule has 1 aromatic rings. The van der Waals surface area contributed by atoms with Gasteiger partial charge in [-0.05, 0) is 32.0 Å². The van der Waals surface area contributed by atoms with Crippen molar-refractivity contribution in [2.45, 2.75) is 24.6 Å². The fraction of sp³-hybridized carbons (Fsp3) is 0.385. The van der Waals surface area contributed by atoms with Crippen LogP contribution in [0.1, 0.15) is 25.5 Å². The molecule has 108 valence electrons. The summed E-state index contributed by atoms with van der Waals surface area (Å²) < 4.78 is 25.4. The number of amides is 1. The highest BCUT2D eigenvalue weighted by molar-refractivity contribution is 7.87. The van der Waals surface area contributed by atoms with Crippen LogP contribution in [0.15, 0.2) is 23.2 Å². The average Bonchev–Trinajstić information content (AvgIpc) is 2.38. The van der Waals surface area contributed by atoms with E-state index in [2.05, 4.69) is 10.3 Å². The molecule has 0 bridgehead atoms. The van der Waals surface area contributed by atoms with Gasteiger partial charge in [0.15, 0.2) is 0 Å². The Morgan fingerprint density at radius 3 is 2.85 bits per heavy atom. The molecule has 1 heterocycles. The van der Waals surface area contributed by atoms with Crippen LogP contribution in [0.4, 0.5) is 10.1 Å². The van der Waals surface area contributed by atoms with Gasteiger partial charge in [-0.3, -0.25) is 14.0 Å². The summed E-state index contributed by atoms with van der Waals surface area (Å²) in [5, 5.41) is 2.45. The number of nitrogens with two attached hydrogens (primary N) is 1. The molecule has 1 aliphatic heterocycles. The first-order chi connectivity index (χ1) is 9.36. The van der Waals surface area contributed by atoms with Crippen LogP contribution < -0.4 is 11.1 Å². The number of nitrogens with one attached hydrogen (secondary N) is 1. The van der Waals surface area contributed by atoms with Crippen LogP contribution in [0.3, 0.4) is 0 Å². The van der Waals surface area contributed by atoms with E-state index in [0.717, 1.165) is 0 Å². The Hall–Kier alpha value is -1.76. The van der Waals surface area contributed by atoms with Gasteiger partial charge in [-0.15, -0.1) is 0 Å². The third-order valence-corrected chi connectivity index (χ3v) is 5.34. The third-order valence-electron chi connectivity index (χ3n) is 3.37. The van der Waals surface area contributed by atoms with E-state index in [-0.39, 0.29) is 17.2 Å². The minimum atomic E-state index is -1.24. The second kappa shape index (κ2) is 5.32. The summed E-state index contributed by atoms with van der Waals surface area (Å²) in [6.45, 7) is 3.50. The molecule has 0 saturated carbocycles. The Labute approximate surface area is 118 Å². The van der Waals surface area contributed by atoms with Gasteiger partial charge in [0, 0.05) is 22.1 Å². The summed E-state index contributed by atoms with van der Waals surface area (Å²) in [5.74, 6) is -0.00486. The molecule has 2 rings (SSSR count). The van der Waals surface area contributed by atoms with E-state index in [1.807, 2.05) is 0 Å². The molecule has 1 aliphatic rings. The van der Waals surface area contributed by atoms with E-state index in [0.29, 0.717) is 12.1 Å². The third kappa shape index (κ3) is 2.58. The maximum Gasteiger partial charge on any atom is 0.211 e. The minimum Gasteiger partial charge on any atom is -0.386 e. The monoisotopic (exact) mass is 297 g/mol. The van der Waals surface area contributed by atoms with Gasteiger partial charge in [-0.2, -0.15) is 0 Å². The number of halogens is 1. The summed E-state index contributed by atoms with van der Waals surface area (Å²) >= 11 is 0. The maximum atomic E-state index is 13.9. The van der Waals surface area contributed by atoms with Gasteiger partial charge in [0.1, 0.15) is 11.7 Å². The zero-order valence-electron chi connectivity index (χ0n) is 11.2. The van der Waals surface area contributed by atoms with Gasteiger partial charge < -0.3 is 11.1 Å². The molecule has 7 heteroatoms. The normalized spacial score (nSPS) is 24.9. The molecule has 0 aromatic heterocycles. The number of carbonyl (C=O) groups is 1. The molecule has 2 atom stereocenters. The number of anilines is 1. The van der Waals surface area contributed by atoms with Crippen LogP contribution in [0, 0.1) is 5.82 Å². The van der Waals surface area contributed by atoms with Crippen LogP contribution in [0.25, 0.3) is 0 Å². The summed E-state index contributed by atoms with van der Waals surface area (Å²) in [7, 11) is -1.24. The van der Waals surface area contributed by atoms with Crippen LogP contribution in [0.2, 0.25) is 0 Å². The molecule has 1 amide bonds. The number of aliphatic imine (C=N–C) groups is 1.